The molecule has 1 aliphatic rings. The Labute approximate surface area is 117 Å². The maximum absolute atomic E-state index is 9.36. The summed E-state index contributed by atoms with van der Waals surface area (Å²) in [5, 5.41) is 9.36. The zero-order chi connectivity index (χ0) is 13.8. The second kappa shape index (κ2) is 6.10. The molecule has 2 nitrogen and oxygen atoms in total. The van der Waals surface area contributed by atoms with Crippen LogP contribution in [-0.2, 0) is 0 Å². The first kappa shape index (κ1) is 13.9. The molecule has 0 N–H and O–H groups in total. The molecule has 0 saturated heterocycles. The highest BCUT2D eigenvalue weighted by molar-refractivity contribution is 5.61. The molecule has 0 aromatic heterocycles. The lowest BCUT2D eigenvalue weighted by atomic mass is 10.0. The fourth-order valence-electron chi connectivity index (χ4n) is 3.03. The van der Waals surface area contributed by atoms with E-state index in [1.165, 1.54) is 31.2 Å². The molecular formula is C17H24N2. The van der Waals surface area contributed by atoms with Gasteiger partial charge in [0, 0.05) is 12.6 Å². The SMILES string of the molecule is Cc1ccc(C#N)c(N(CC(C)C)C2CCCC2)c1. The fourth-order valence-corrected chi connectivity index (χ4v) is 3.03. The van der Waals surface area contributed by atoms with E-state index in [1.807, 2.05) is 12.1 Å². The number of anilines is 1. The Morgan fingerprint density at radius 2 is 2.00 bits per heavy atom. The van der Waals surface area contributed by atoms with Gasteiger partial charge in [0.05, 0.1) is 11.3 Å². The molecule has 2 rings (SSSR count). The Balaban J connectivity index is 2.36. The fraction of sp³-hybridized carbons (Fsp3) is 0.588. The Kier molecular flexibility index (Phi) is 4.47. The van der Waals surface area contributed by atoms with Gasteiger partial charge in [-0.15, -0.1) is 0 Å². The number of nitrogens with zero attached hydrogens (tertiary/aromatic N) is 2. The Bertz CT molecular complexity index is 465. The Morgan fingerprint density at radius 3 is 2.58 bits per heavy atom. The minimum Gasteiger partial charge on any atom is -0.367 e. The van der Waals surface area contributed by atoms with Crippen LogP contribution in [0.15, 0.2) is 18.2 Å². The highest BCUT2D eigenvalue weighted by Crippen LogP contribution is 2.31. The molecule has 0 amide bonds. The van der Waals surface area contributed by atoms with Crippen LogP contribution < -0.4 is 4.90 Å². The quantitative estimate of drug-likeness (QED) is 0.804. The number of hydrogen-bond acceptors (Lipinski definition) is 2. The number of benzene rings is 1. The van der Waals surface area contributed by atoms with Gasteiger partial charge >= 0.3 is 0 Å². The van der Waals surface area contributed by atoms with Crippen LogP contribution in [0, 0.1) is 24.2 Å². The van der Waals surface area contributed by atoms with Gasteiger partial charge in [-0.05, 0) is 43.4 Å². The molecular weight excluding hydrogens is 232 g/mol. The third kappa shape index (κ3) is 3.29. The van der Waals surface area contributed by atoms with Crippen LogP contribution in [0.3, 0.4) is 0 Å². The van der Waals surface area contributed by atoms with E-state index in [4.69, 9.17) is 0 Å². The van der Waals surface area contributed by atoms with Crippen molar-refractivity contribution < 1.29 is 0 Å². The third-order valence-electron chi connectivity index (χ3n) is 3.91. The number of hydrogen-bond donors (Lipinski definition) is 0. The van der Waals surface area contributed by atoms with Crippen molar-refractivity contribution in [3.8, 4) is 6.07 Å². The molecule has 0 spiro atoms. The standard InChI is InChI=1S/C17H24N2/c1-13(2)12-19(16-6-4-5-7-16)17-10-14(3)8-9-15(17)11-18/h8-10,13,16H,4-7,12H2,1-3H3. The molecule has 0 bridgehead atoms. The topological polar surface area (TPSA) is 27.0 Å². The lowest BCUT2D eigenvalue weighted by Gasteiger charge is -2.33. The van der Waals surface area contributed by atoms with Gasteiger partial charge in [-0.3, -0.25) is 0 Å². The predicted molar refractivity (Wildman–Crippen MR) is 80.3 cm³/mol. The molecule has 0 aliphatic heterocycles. The van der Waals surface area contributed by atoms with Crippen molar-refractivity contribution in [3.05, 3.63) is 29.3 Å². The van der Waals surface area contributed by atoms with Crippen molar-refractivity contribution in [2.75, 3.05) is 11.4 Å². The minimum absolute atomic E-state index is 0.618. The van der Waals surface area contributed by atoms with Crippen molar-refractivity contribution >= 4 is 5.69 Å². The van der Waals surface area contributed by atoms with Crippen molar-refractivity contribution in [1.82, 2.24) is 0 Å². The van der Waals surface area contributed by atoms with E-state index in [0.717, 1.165) is 17.8 Å². The van der Waals surface area contributed by atoms with Crippen LogP contribution in [-0.4, -0.2) is 12.6 Å². The number of rotatable bonds is 4. The molecule has 19 heavy (non-hydrogen) atoms. The summed E-state index contributed by atoms with van der Waals surface area (Å²) in [4.78, 5) is 2.49. The highest BCUT2D eigenvalue weighted by atomic mass is 15.2. The van der Waals surface area contributed by atoms with Crippen molar-refractivity contribution in [3.63, 3.8) is 0 Å². The number of aryl methyl sites for hydroxylation is 1. The molecule has 1 aliphatic carbocycles. The summed E-state index contributed by atoms with van der Waals surface area (Å²) in [5.74, 6) is 0.618. The zero-order valence-electron chi connectivity index (χ0n) is 12.3. The van der Waals surface area contributed by atoms with E-state index >= 15 is 0 Å². The lowest BCUT2D eigenvalue weighted by Crippen LogP contribution is -2.36. The van der Waals surface area contributed by atoms with Crippen molar-refractivity contribution in [2.45, 2.75) is 52.5 Å². The van der Waals surface area contributed by atoms with E-state index < -0.39 is 0 Å². The number of nitriles is 1. The average Bonchev–Trinajstić information content (AvgIpc) is 2.89. The van der Waals surface area contributed by atoms with Crippen molar-refractivity contribution in [2.24, 2.45) is 5.92 Å². The first-order chi connectivity index (χ1) is 9.11. The largest absolute Gasteiger partial charge is 0.367 e. The van der Waals surface area contributed by atoms with Gasteiger partial charge in [0.1, 0.15) is 6.07 Å². The maximum atomic E-state index is 9.36. The van der Waals surface area contributed by atoms with Gasteiger partial charge in [0.2, 0.25) is 0 Å². The summed E-state index contributed by atoms with van der Waals surface area (Å²) in [6.07, 6.45) is 5.19. The first-order valence-electron chi connectivity index (χ1n) is 7.39. The van der Waals surface area contributed by atoms with Gasteiger partial charge in [-0.2, -0.15) is 5.26 Å². The summed E-state index contributed by atoms with van der Waals surface area (Å²) >= 11 is 0. The summed E-state index contributed by atoms with van der Waals surface area (Å²) in [7, 11) is 0. The summed E-state index contributed by atoms with van der Waals surface area (Å²) in [5.41, 5.74) is 3.20. The van der Waals surface area contributed by atoms with Crippen LogP contribution in [0.5, 0.6) is 0 Å². The van der Waals surface area contributed by atoms with Gasteiger partial charge in [0.25, 0.3) is 0 Å². The smallest absolute Gasteiger partial charge is 0.101 e. The van der Waals surface area contributed by atoms with E-state index in [-0.39, 0.29) is 0 Å². The molecule has 0 unspecified atom stereocenters. The first-order valence-corrected chi connectivity index (χ1v) is 7.39. The van der Waals surface area contributed by atoms with E-state index in [2.05, 4.69) is 37.8 Å². The second-order valence-electron chi connectivity index (χ2n) is 6.12. The predicted octanol–water partition coefficient (Wildman–Crippen LogP) is 4.27. The van der Waals surface area contributed by atoms with Crippen LogP contribution in [0.2, 0.25) is 0 Å². The lowest BCUT2D eigenvalue weighted by molar-refractivity contribution is 0.535. The van der Waals surface area contributed by atoms with Gasteiger partial charge < -0.3 is 4.90 Å². The van der Waals surface area contributed by atoms with Crippen LogP contribution in [0.4, 0.5) is 5.69 Å². The molecule has 0 heterocycles. The summed E-state index contributed by atoms with van der Waals surface area (Å²) in [6.45, 7) is 7.66. The molecule has 1 aromatic carbocycles. The monoisotopic (exact) mass is 256 g/mol. The zero-order valence-corrected chi connectivity index (χ0v) is 12.3. The maximum Gasteiger partial charge on any atom is 0.101 e. The molecule has 2 heteroatoms. The third-order valence-corrected chi connectivity index (χ3v) is 3.91. The highest BCUT2D eigenvalue weighted by Gasteiger charge is 2.25. The second-order valence-corrected chi connectivity index (χ2v) is 6.12. The van der Waals surface area contributed by atoms with Crippen LogP contribution in [0.25, 0.3) is 0 Å². The van der Waals surface area contributed by atoms with Gasteiger partial charge in [-0.25, -0.2) is 0 Å². The molecule has 1 aromatic rings. The van der Waals surface area contributed by atoms with Crippen molar-refractivity contribution in [1.29, 1.82) is 5.26 Å². The van der Waals surface area contributed by atoms with E-state index in [9.17, 15) is 5.26 Å². The summed E-state index contributed by atoms with van der Waals surface area (Å²) < 4.78 is 0. The normalized spacial score (nSPS) is 15.7. The molecule has 1 fully saturated rings. The average molecular weight is 256 g/mol. The van der Waals surface area contributed by atoms with E-state index in [0.29, 0.717) is 12.0 Å². The van der Waals surface area contributed by atoms with Crippen LogP contribution in [0.1, 0.15) is 50.7 Å². The summed E-state index contributed by atoms with van der Waals surface area (Å²) in [6, 6.07) is 9.16. The minimum atomic E-state index is 0.618. The molecule has 0 radical (unpaired) electrons. The van der Waals surface area contributed by atoms with Gasteiger partial charge in [-0.1, -0.05) is 32.8 Å². The molecule has 0 atom stereocenters. The Hall–Kier alpha value is -1.49. The van der Waals surface area contributed by atoms with Crippen LogP contribution >= 0.6 is 0 Å². The van der Waals surface area contributed by atoms with E-state index in [1.54, 1.807) is 0 Å². The van der Waals surface area contributed by atoms with Gasteiger partial charge in [0.15, 0.2) is 0 Å². The molecule has 1 saturated carbocycles. The Morgan fingerprint density at radius 1 is 1.32 bits per heavy atom. The molecule has 102 valence electrons.